The van der Waals surface area contributed by atoms with E-state index in [0.29, 0.717) is 28.2 Å². The average Bonchev–Trinajstić information content (AvgIpc) is 3.02. The molecular formula is C21H18Cl2N2O3. The number of ketones is 1. The summed E-state index contributed by atoms with van der Waals surface area (Å²) in [6.45, 7) is 0.297. The second-order valence-electron chi connectivity index (χ2n) is 6.01. The zero-order chi connectivity index (χ0) is 20.1. The van der Waals surface area contributed by atoms with E-state index in [0.717, 1.165) is 11.1 Å². The van der Waals surface area contributed by atoms with Gasteiger partial charge in [0.2, 0.25) is 5.78 Å². The number of hydrogen-bond donors (Lipinski definition) is 0. The van der Waals surface area contributed by atoms with E-state index >= 15 is 0 Å². The Balaban J connectivity index is 1.76. The Hall–Kier alpha value is -2.76. The Morgan fingerprint density at radius 3 is 2.71 bits per heavy atom. The van der Waals surface area contributed by atoms with Crippen LogP contribution in [0.15, 0.2) is 54.7 Å². The molecule has 1 heterocycles. The number of ether oxygens (including phenoxy) is 2. The first-order valence-electron chi connectivity index (χ1n) is 8.43. The molecule has 0 amide bonds. The number of benzene rings is 2. The third-order valence-corrected chi connectivity index (χ3v) is 4.45. The summed E-state index contributed by atoms with van der Waals surface area (Å²) in [4.78, 5) is 12.3. The van der Waals surface area contributed by atoms with Crippen LogP contribution in [0.5, 0.6) is 11.5 Å². The second kappa shape index (κ2) is 8.95. The number of aromatic nitrogens is 2. The molecule has 0 saturated heterocycles. The Morgan fingerprint density at radius 2 is 2.04 bits per heavy atom. The highest BCUT2D eigenvalue weighted by Crippen LogP contribution is 2.24. The van der Waals surface area contributed by atoms with Crippen LogP contribution in [-0.2, 0) is 13.7 Å². The molecule has 0 saturated carbocycles. The Kier molecular flexibility index (Phi) is 6.39. The lowest BCUT2D eigenvalue weighted by Crippen LogP contribution is -2.00. The highest BCUT2D eigenvalue weighted by atomic mass is 35.5. The highest BCUT2D eigenvalue weighted by molar-refractivity contribution is 6.34. The van der Waals surface area contributed by atoms with E-state index in [9.17, 15) is 4.79 Å². The van der Waals surface area contributed by atoms with Crippen molar-refractivity contribution in [3.8, 4) is 11.5 Å². The summed E-state index contributed by atoms with van der Waals surface area (Å²) >= 11 is 12.0. The molecule has 0 atom stereocenters. The largest absolute Gasteiger partial charge is 0.496 e. The third-order valence-electron chi connectivity index (χ3n) is 3.94. The third kappa shape index (κ3) is 4.94. The maximum Gasteiger partial charge on any atom is 0.207 e. The van der Waals surface area contributed by atoms with Crippen LogP contribution in [0.4, 0.5) is 0 Å². The number of carbonyl (C=O) groups excluding carboxylic acids is 1. The molecular weight excluding hydrogens is 399 g/mol. The van der Waals surface area contributed by atoms with Crippen LogP contribution >= 0.6 is 23.2 Å². The summed E-state index contributed by atoms with van der Waals surface area (Å²) in [5.74, 6) is 1.09. The molecule has 0 N–H and O–H groups in total. The first-order valence-corrected chi connectivity index (χ1v) is 9.18. The fourth-order valence-electron chi connectivity index (χ4n) is 2.61. The minimum atomic E-state index is -0.266. The van der Waals surface area contributed by atoms with Crippen LogP contribution in [-0.4, -0.2) is 22.7 Å². The van der Waals surface area contributed by atoms with Gasteiger partial charge in [0, 0.05) is 23.8 Å². The number of aryl methyl sites for hydroxylation is 1. The van der Waals surface area contributed by atoms with Gasteiger partial charge in [-0.2, -0.15) is 5.10 Å². The normalized spacial score (nSPS) is 11.0. The number of hydrogen-bond acceptors (Lipinski definition) is 4. The molecule has 0 fully saturated rings. The fourth-order valence-corrected chi connectivity index (χ4v) is 3.06. The number of carbonyl (C=O) groups is 1. The Morgan fingerprint density at radius 1 is 1.21 bits per heavy atom. The molecule has 1 aromatic heterocycles. The van der Waals surface area contributed by atoms with E-state index in [1.807, 2.05) is 30.3 Å². The molecule has 0 aliphatic heterocycles. The second-order valence-corrected chi connectivity index (χ2v) is 6.86. The molecule has 0 spiro atoms. The van der Waals surface area contributed by atoms with Gasteiger partial charge in [0.05, 0.1) is 12.1 Å². The SMILES string of the molecule is COc1ccc(/C=C/C(=O)c2nn(C)cc2Cl)cc1COc1cccc(Cl)c1. The lowest BCUT2D eigenvalue weighted by molar-refractivity contribution is 0.104. The summed E-state index contributed by atoms with van der Waals surface area (Å²) in [7, 11) is 3.31. The highest BCUT2D eigenvalue weighted by Gasteiger charge is 2.12. The van der Waals surface area contributed by atoms with Crippen molar-refractivity contribution in [2.45, 2.75) is 6.61 Å². The van der Waals surface area contributed by atoms with Crippen LogP contribution in [0, 0.1) is 0 Å². The lowest BCUT2D eigenvalue weighted by atomic mass is 10.1. The molecule has 5 nitrogen and oxygen atoms in total. The summed E-state index contributed by atoms with van der Waals surface area (Å²) in [6.07, 6.45) is 4.73. The minimum Gasteiger partial charge on any atom is -0.496 e. The zero-order valence-electron chi connectivity index (χ0n) is 15.4. The molecule has 0 bridgehead atoms. The fraction of sp³-hybridized carbons (Fsp3) is 0.143. The lowest BCUT2D eigenvalue weighted by Gasteiger charge is -2.11. The van der Waals surface area contributed by atoms with Gasteiger partial charge in [-0.3, -0.25) is 9.48 Å². The van der Waals surface area contributed by atoms with Crippen LogP contribution in [0.3, 0.4) is 0 Å². The van der Waals surface area contributed by atoms with Gasteiger partial charge in [-0.25, -0.2) is 0 Å². The monoisotopic (exact) mass is 416 g/mol. The number of rotatable bonds is 7. The smallest absolute Gasteiger partial charge is 0.207 e. The molecule has 144 valence electrons. The van der Waals surface area contributed by atoms with Gasteiger partial charge in [-0.15, -0.1) is 0 Å². The van der Waals surface area contributed by atoms with Gasteiger partial charge in [0.25, 0.3) is 0 Å². The van der Waals surface area contributed by atoms with Crippen molar-refractivity contribution < 1.29 is 14.3 Å². The van der Waals surface area contributed by atoms with E-state index < -0.39 is 0 Å². The summed E-state index contributed by atoms with van der Waals surface area (Å²) in [5.41, 5.74) is 1.89. The van der Waals surface area contributed by atoms with Crippen LogP contribution in [0.2, 0.25) is 10.0 Å². The summed E-state index contributed by atoms with van der Waals surface area (Å²) in [6, 6.07) is 12.8. The van der Waals surface area contributed by atoms with E-state index in [1.54, 1.807) is 38.6 Å². The molecule has 0 aliphatic carbocycles. The van der Waals surface area contributed by atoms with Crippen molar-refractivity contribution in [3.63, 3.8) is 0 Å². The number of nitrogens with zero attached hydrogens (tertiary/aromatic N) is 2. The molecule has 0 aliphatic rings. The van der Waals surface area contributed by atoms with Crippen LogP contribution in [0.1, 0.15) is 21.6 Å². The van der Waals surface area contributed by atoms with E-state index in [4.69, 9.17) is 32.7 Å². The van der Waals surface area contributed by atoms with Crippen molar-refractivity contribution in [1.82, 2.24) is 9.78 Å². The molecule has 0 unspecified atom stereocenters. The molecule has 3 aromatic rings. The topological polar surface area (TPSA) is 53.3 Å². The van der Waals surface area contributed by atoms with Crippen molar-refractivity contribution in [2.24, 2.45) is 7.05 Å². The molecule has 3 rings (SSSR count). The molecule has 0 radical (unpaired) electrons. The van der Waals surface area contributed by atoms with Gasteiger partial charge in [0.1, 0.15) is 18.1 Å². The first kappa shape index (κ1) is 20.0. The Labute approximate surface area is 173 Å². The molecule has 28 heavy (non-hydrogen) atoms. The van der Waals surface area contributed by atoms with Crippen molar-refractivity contribution in [1.29, 1.82) is 0 Å². The standard InChI is InChI=1S/C21H18Cl2N2O3/c1-25-12-18(23)21(24-25)19(26)8-6-14-7-9-20(27-2)15(10-14)13-28-17-5-3-4-16(22)11-17/h3-12H,13H2,1-2H3/b8-6+. The van der Waals surface area contributed by atoms with Gasteiger partial charge in [-0.1, -0.05) is 41.4 Å². The number of allylic oxidation sites excluding steroid dienone is 1. The number of methoxy groups -OCH3 is 1. The summed E-state index contributed by atoms with van der Waals surface area (Å²) < 4.78 is 12.7. The van der Waals surface area contributed by atoms with Crippen molar-refractivity contribution >= 4 is 35.1 Å². The van der Waals surface area contributed by atoms with E-state index in [1.165, 1.54) is 10.8 Å². The van der Waals surface area contributed by atoms with Crippen LogP contribution in [0.25, 0.3) is 6.08 Å². The van der Waals surface area contributed by atoms with E-state index in [2.05, 4.69) is 5.10 Å². The van der Waals surface area contributed by atoms with Gasteiger partial charge in [0.15, 0.2) is 5.69 Å². The average molecular weight is 417 g/mol. The van der Waals surface area contributed by atoms with Crippen molar-refractivity contribution in [2.75, 3.05) is 7.11 Å². The predicted octanol–water partition coefficient (Wildman–Crippen LogP) is 5.21. The Bertz CT molecular complexity index is 1030. The summed E-state index contributed by atoms with van der Waals surface area (Å²) in [5, 5.41) is 5.00. The molecule has 7 heteroatoms. The van der Waals surface area contributed by atoms with Gasteiger partial charge in [-0.05, 0) is 42.0 Å². The van der Waals surface area contributed by atoms with Gasteiger partial charge >= 0.3 is 0 Å². The zero-order valence-corrected chi connectivity index (χ0v) is 16.9. The van der Waals surface area contributed by atoms with Crippen molar-refractivity contribution in [3.05, 3.63) is 81.6 Å². The van der Waals surface area contributed by atoms with E-state index in [-0.39, 0.29) is 11.5 Å². The maximum absolute atomic E-state index is 12.3. The number of halogens is 2. The van der Waals surface area contributed by atoms with Gasteiger partial charge < -0.3 is 9.47 Å². The first-order chi connectivity index (χ1) is 13.5. The minimum absolute atomic E-state index is 0.221. The quantitative estimate of drug-likeness (QED) is 0.391. The van der Waals surface area contributed by atoms with Crippen LogP contribution < -0.4 is 9.47 Å². The maximum atomic E-state index is 12.3. The predicted molar refractivity (Wildman–Crippen MR) is 110 cm³/mol. The molecule has 2 aromatic carbocycles.